The molecule has 0 radical (unpaired) electrons. The molecule has 0 saturated heterocycles. The summed E-state index contributed by atoms with van der Waals surface area (Å²) in [6.45, 7) is 14.1. The van der Waals surface area contributed by atoms with Gasteiger partial charge in [0.2, 0.25) is 0 Å². The molecule has 0 fully saturated rings. The monoisotopic (exact) mass is 562 g/mol. The van der Waals surface area contributed by atoms with Gasteiger partial charge in [-0.2, -0.15) is 0 Å². The molecule has 0 spiro atoms. The van der Waals surface area contributed by atoms with E-state index in [2.05, 4.69) is 43.4 Å². The molecule has 41 heavy (non-hydrogen) atoms. The number of nitrogens with zero attached hydrogens (tertiary/aromatic N) is 1. The molecule has 220 valence electrons. The number of carbonyl (C=O) groups is 2. The molecule has 3 rings (SSSR count). The van der Waals surface area contributed by atoms with Crippen molar-refractivity contribution in [3.05, 3.63) is 76.1 Å². The van der Waals surface area contributed by atoms with Crippen LogP contribution in [0.15, 0.2) is 42.5 Å². The molecule has 0 saturated carbocycles. The lowest BCUT2D eigenvalue weighted by molar-refractivity contribution is 0.0522. The van der Waals surface area contributed by atoms with Crippen LogP contribution < -0.4 is 14.8 Å². The van der Waals surface area contributed by atoms with Crippen molar-refractivity contribution in [1.82, 2.24) is 10.3 Å². The van der Waals surface area contributed by atoms with E-state index in [1.54, 1.807) is 25.3 Å². The van der Waals surface area contributed by atoms with Crippen LogP contribution in [0.1, 0.15) is 73.1 Å². The number of esters is 1. The highest BCUT2D eigenvalue weighted by atomic mass is 16.6. The van der Waals surface area contributed by atoms with Crippen LogP contribution in [0.2, 0.25) is 0 Å². The zero-order valence-electron chi connectivity index (χ0n) is 25.6. The van der Waals surface area contributed by atoms with Gasteiger partial charge in [0.1, 0.15) is 29.3 Å². The minimum Gasteiger partial charge on any atom is -0.497 e. The Morgan fingerprint density at radius 2 is 1.66 bits per heavy atom. The molecule has 8 heteroatoms. The molecule has 0 unspecified atom stereocenters. The number of alkyl carbamates (subject to hydrolysis) is 1. The van der Waals surface area contributed by atoms with Crippen molar-refractivity contribution in [3.63, 3.8) is 0 Å². The predicted octanol–water partition coefficient (Wildman–Crippen LogP) is 6.96. The van der Waals surface area contributed by atoms with Gasteiger partial charge in [-0.1, -0.05) is 43.7 Å². The molecule has 0 aliphatic heterocycles. The van der Waals surface area contributed by atoms with Crippen LogP contribution in [-0.4, -0.2) is 36.9 Å². The maximum absolute atomic E-state index is 12.7. The normalized spacial score (nSPS) is 11.3. The van der Waals surface area contributed by atoms with Crippen molar-refractivity contribution in [1.29, 1.82) is 0 Å². The molecular weight excluding hydrogens is 520 g/mol. The maximum Gasteiger partial charge on any atom is 0.407 e. The number of aromatic nitrogens is 1. The van der Waals surface area contributed by atoms with Crippen molar-refractivity contribution in [2.45, 2.75) is 73.6 Å². The first-order valence-electron chi connectivity index (χ1n) is 13.8. The summed E-state index contributed by atoms with van der Waals surface area (Å²) in [5, 5.41) is 2.94. The predicted molar refractivity (Wildman–Crippen MR) is 159 cm³/mol. The number of rotatable bonds is 10. The van der Waals surface area contributed by atoms with E-state index >= 15 is 0 Å². The lowest BCUT2D eigenvalue weighted by atomic mass is 9.90. The third kappa shape index (κ3) is 8.46. The van der Waals surface area contributed by atoms with Gasteiger partial charge >= 0.3 is 12.1 Å². The van der Waals surface area contributed by atoms with Crippen LogP contribution in [0.3, 0.4) is 0 Å². The molecule has 3 aromatic rings. The van der Waals surface area contributed by atoms with E-state index in [4.69, 9.17) is 23.9 Å². The first kappa shape index (κ1) is 31.5. The number of amides is 1. The minimum absolute atomic E-state index is 0.126. The number of carbonyl (C=O) groups excluding carboxylic acids is 2. The first-order chi connectivity index (χ1) is 19.3. The summed E-state index contributed by atoms with van der Waals surface area (Å²) in [7, 11) is 2.88. The maximum atomic E-state index is 12.7. The highest BCUT2D eigenvalue weighted by molar-refractivity contribution is 5.92. The van der Waals surface area contributed by atoms with E-state index in [9.17, 15) is 9.59 Å². The van der Waals surface area contributed by atoms with Crippen LogP contribution in [0.25, 0.3) is 11.1 Å². The van der Waals surface area contributed by atoms with Gasteiger partial charge in [0.05, 0.1) is 14.2 Å². The number of ether oxygens (including phenoxy) is 4. The van der Waals surface area contributed by atoms with Crippen molar-refractivity contribution in [2.75, 3.05) is 14.2 Å². The second-order valence-corrected chi connectivity index (χ2v) is 11.4. The Bertz CT molecular complexity index is 1370. The van der Waals surface area contributed by atoms with Crippen molar-refractivity contribution >= 4 is 12.1 Å². The summed E-state index contributed by atoms with van der Waals surface area (Å²) < 4.78 is 22.1. The summed E-state index contributed by atoms with van der Waals surface area (Å²) >= 11 is 0. The average molecular weight is 563 g/mol. The molecule has 1 N–H and O–H groups in total. The molecule has 0 bridgehead atoms. The first-order valence-corrected chi connectivity index (χ1v) is 13.8. The minimum atomic E-state index is -0.622. The number of hydrogen-bond acceptors (Lipinski definition) is 7. The Morgan fingerprint density at radius 3 is 2.24 bits per heavy atom. The molecular formula is C33H42N2O6. The number of benzene rings is 2. The Hall–Kier alpha value is -4.07. The molecule has 0 atom stereocenters. The van der Waals surface area contributed by atoms with E-state index < -0.39 is 17.7 Å². The van der Waals surface area contributed by atoms with Crippen LogP contribution in [0.4, 0.5) is 4.79 Å². The fraction of sp³-hybridized carbons (Fsp3) is 0.424. The summed E-state index contributed by atoms with van der Waals surface area (Å²) in [6.07, 6.45) is 0.231. The van der Waals surface area contributed by atoms with Gasteiger partial charge in [0.25, 0.3) is 0 Å². The van der Waals surface area contributed by atoms with Gasteiger partial charge in [-0.25, -0.2) is 9.59 Å². The largest absolute Gasteiger partial charge is 0.497 e. The second kappa shape index (κ2) is 13.5. The van der Waals surface area contributed by atoms with E-state index in [1.807, 2.05) is 34.6 Å². The summed E-state index contributed by atoms with van der Waals surface area (Å²) in [6, 6.07) is 13.2. The molecule has 1 amide bonds. The fourth-order valence-electron chi connectivity index (χ4n) is 4.49. The van der Waals surface area contributed by atoms with Crippen molar-refractivity contribution < 1.29 is 28.5 Å². The van der Waals surface area contributed by atoms with Crippen LogP contribution in [-0.2, 0) is 29.0 Å². The topological polar surface area (TPSA) is 96.0 Å². The van der Waals surface area contributed by atoms with Crippen molar-refractivity contribution in [3.8, 4) is 22.6 Å². The van der Waals surface area contributed by atoms with Gasteiger partial charge in [-0.05, 0) is 70.2 Å². The van der Waals surface area contributed by atoms with Crippen LogP contribution in [0.5, 0.6) is 11.5 Å². The second-order valence-electron chi connectivity index (χ2n) is 11.4. The molecule has 1 aromatic heterocycles. The summed E-state index contributed by atoms with van der Waals surface area (Å²) in [5.41, 5.74) is 6.17. The Labute approximate surface area is 243 Å². The summed E-state index contributed by atoms with van der Waals surface area (Å²) in [4.78, 5) is 30.2. The lowest BCUT2D eigenvalue weighted by Crippen LogP contribution is -2.32. The highest BCUT2D eigenvalue weighted by Crippen LogP contribution is 2.35. The number of pyridine rings is 1. The Balaban J connectivity index is 2.16. The quantitative estimate of drug-likeness (QED) is 0.267. The van der Waals surface area contributed by atoms with Gasteiger partial charge in [0, 0.05) is 35.1 Å². The Kier molecular flexibility index (Phi) is 10.4. The number of hydrogen-bond donors (Lipinski definition) is 1. The Morgan fingerprint density at radius 1 is 0.976 bits per heavy atom. The number of aryl methyl sites for hydroxylation is 2. The van der Waals surface area contributed by atoms with Crippen LogP contribution >= 0.6 is 0 Å². The van der Waals surface area contributed by atoms with E-state index in [1.165, 1.54) is 7.11 Å². The highest BCUT2D eigenvalue weighted by Gasteiger charge is 2.23. The lowest BCUT2D eigenvalue weighted by Gasteiger charge is -2.24. The molecule has 0 aliphatic rings. The zero-order valence-corrected chi connectivity index (χ0v) is 25.6. The molecule has 8 nitrogen and oxygen atoms in total. The van der Waals surface area contributed by atoms with Gasteiger partial charge < -0.3 is 24.3 Å². The SMILES string of the molecule is COC(=O)c1ccc(OC)cc1OCc1c(C)nc(CC(C)C)c(CNC(=O)OC(C)(C)C)c1-c1ccc(C)cc1. The zero-order chi connectivity index (χ0) is 30.3. The van der Waals surface area contributed by atoms with Crippen molar-refractivity contribution in [2.24, 2.45) is 5.92 Å². The smallest absolute Gasteiger partial charge is 0.407 e. The van der Waals surface area contributed by atoms with Gasteiger partial charge in [-0.15, -0.1) is 0 Å². The molecule has 2 aromatic carbocycles. The third-order valence-electron chi connectivity index (χ3n) is 6.41. The van der Waals surface area contributed by atoms with E-state index in [-0.39, 0.29) is 13.2 Å². The van der Waals surface area contributed by atoms with E-state index in [0.29, 0.717) is 23.0 Å². The third-order valence-corrected chi connectivity index (χ3v) is 6.41. The van der Waals surface area contributed by atoms with E-state index in [0.717, 1.165) is 45.6 Å². The number of methoxy groups -OCH3 is 2. The fourth-order valence-corrected chi connectivity index (χ4v) is 4.49. The van der Waals surface area contributed by atoms with Gasteiger partial charge in [0.15, 0.2) is 0 Å². The van der Waals surface area contributed by atoms with Gasteiger partial charge in [-0.3, -0.25) is 4.98 Å². The standard InChI is InChI=1S/C33H42N2O6/c1-20(2)16-28-26(18-34-32(37)41-33(5,6)7)30(23-12-10-21(3)11-13-23)27(22(4)35-28)19-40-29-17-24(38-8)14-15-25(29)31(36)39-9/h10-15,17,20H,16,18-19H2,1-9H3,(H,34,37). The molecule has 0 aliphatic carbocycles. The summed E-state index contributed by atoms with van der Waals surface area (Å²) in [5.74, 6) is 0.723. The average Bonchev–Trinajstić information content (AvgIpc) is 2.90. The van der Waals surface area contributed by atoms with Crippen LogP contribution in [0, 0.1) is 19.8 Å². The molecule has 1 heterocycles. The number of nitrogens with one attached hydrogen (secondary N) is 1.